The Hall–Kier alpha value is -2.46. The molecule has 0 saturated heterocycles. The number of nitrogens with one attached hydrogen (secondary N) is 1. The van der Waals surface area contributed by atoms with Gasteiger partial charge >= 0.3 is 5.69 Å². The fourth-order valence-electron chi connectivity index (χ4n) is 2.22. The van der Waals surface area contributed by atoms with Gasteiger partial charge in [0.1, 0.15) is 11.6 Å². The van der Waals surface area contributed by atoms with Crippen LogP contribution in [0, 0.1) is 34.5 Å². The lowest BCUT2D eigenvalue weighted by Gasteiger charge is -2.16. The third-order valence-electron chi connectivity index (χ3n) is 3.48. The predicted octanol–water partition coefficient (Wildman–Crippen LogP) is 3.36. The Kier molecular flexibility index (Phi) is 5.14. The molecule has 0 aliphatic heterocycles. The summed E-state index contributed by atoms with van der Waals surface area (Å²) in [5.74, 6) is -2.90. The minimum absolute atomic E-state index is 0.113. The Balaban J connectivity index is 2.41. The zero-order chi connectivity index (χ0) is 18.9. The molecular formula is C15H13F3N2O4S. The quantitative estimate of drug-likeness (QED) is 0.642. The van der Waals surface area contributed by atoms with Gasteiger partial charge in [0.15, 0.2) is 0 Å². The summed E-state index contributed by atoms with van der Waals surface area (Å²) in [5.41, 5.74) is -1.32. The third-order valence-corrected chi connectivity index (χ3v) is 5.00. The standard InChI is InChI=1S/C15H13F3N2O4S/c1-8-5-11(7-14(15(8)18)20(21)22)25(23,24)19-9(2)12-4-3-10(16)6-13(12)17/h3-7,9,19H,1-2H3/t9-/m0/s1. The molecular weight excluding hydrogens is 361 g/mol. The van der Waals surface area contributed by atoms with E-state index in [0.717, 1.165) is 18.2 Å². The molecule has 134 valence electrons. The molecule has 0 amide bonds. The van der Waals surface area contributed by atoms with Gasteiger partial charge in [-0.15, -0.1) is 0 Å². The highest BCUT2D eigenvalue weighted by Crippen LogP contribution is 2.26. The second-order valence-electron chi connectivity index (χ2n) is 5.34. The Morgan fingerprint density at radius 1 is 1.16 bits per heavy atom. The van der Waals surface area contributed by atoms with Crippen molar-refractivity contribution in [3.63, 3.8) is 0 Å². The van der Waals surface area contributed by atoms with Gasteiger partial charge in [0, 0.05) is 23.7 Å². The van der Waals surface area contributed by atoms with Gasteiger partial charge in [-0.05, 0) is 31.5 Å². The maximum Gasteiger partial charge on any atom is 0.306 e. The van der Waals surface area contributed by atoms with Gasteiger partial charge in [-0.25, -0.2) is 21.9 Å². The van der Waals surface area contributed by atoms with Crippen LogP contribution >= 0.6 is 0 Å². The summed E-state index contributed by atoms with van der Waals surface area (Å²) >= 11 is 0. The molecule has 0 unspecified atom stereocenters. The number of benzene rings is 2. The highest BCUT2D eigenvalue weighted by molar-refractivity contribution is 7.89. The third kappa shape index (κ3) is 3.97. The molecule has 0 radical (unpaired) electrons. The number of nitrogens with zero attached hydrogens (tertiary/aromatic N) is 1. The molecule has 1 atom stereocenters. The number of nitro benzene ring substituents is 1. The predicted molar refractivity (Wildman–Crippen MR) is 82.9 cm³/mol. The molecule has 0 bridgehead atoms. The van der Waals surface area contributed by atoms with Crippen molar-refractivity contribution in [3.8, 4) is 0 Å². The van der Waals surface area contributed by atoms with E-state index in [2.05, 4.69) is 4.72 Å². The Morgan fingerprint density at radius 2 is 1.80 bits per heavy atom. The van der Waals surface area contributed by atoms with Crippen molar-refractivity contribution in [2.24, 2.45) is 0 Å². The smallest absolute Gasteiger partial charge is 0.258 e. The van der Waals surface area contributed by atoms with Crippen LogP contribution in [0.25, 0.3) is 0 Å². The van der Waals surface area contributed by atoms with Gasteiger partial charge in [-0.3, -0.25) is 10.1 Å². The van der Waals surface area contributed by atoms with Gasteiger partial charge in [-0.1, -0.05) is 6.07 Å². The largest absolute Gasteiger partial charge is 0.306 e. The van der Waals surface area contributed by atoms with E-state index in [1.54, 1.807) is 0 Å². The van der Waals surface area contributed by atoms with Crippen LogP contribution < -0.4 is 4.72 Å². The maximum atomic E-state index is 13.8. The van der Waals surface area contributed by atoms with Gasteiger partial charge < -0.3 is 0 Å². The highest BCUT2D eigenvalue weighted by atomic mass is 32.2. The normalized spacial score (nSPS) is 12.8. The van der Waals surface area contributed by atoms with Crippen LogP contribution in [0.5, 0.6) is 0 Å². The molecule has 0 spiro atoms. The van der Waals surface area contributed by atoms with E-state index in [-0.39, 0.29) is 11.1 Å². The molecule has 0 heterocycles. The molecule has 0 aliphatic carbocycles. The van der Waals surface area contributed by atoms with E-state index in [9.17, 15) is 31.7 Å². The van der Waals surface area contributed by atoms with E-state index < -0.39 is 49.0 Å². The van der Waals surface area contributed by atoms with Crippen molar-refractivity contribution in [2.75, 3.05) is 0 Å². The summed E-state index contributed by atoms with van der Waals surface area (Å²) in [6.45, 7) is 2.50. The van der Waals surface area contributed by atoms with Crippen LogP contribution in [0.1, 0.15) is 24.1 Å². The lowest BCUT2D eigenvalue weighted by molar-refractivity contribution is -0.387. The molecule has 2 rings (SSSR count). The monoisotopic (exact) mass is 374 g/mol. The number of hydrogen-bond acceptors (Lipinski definition) is 4. The maximum absolute atomic E-state index is 13.8. The highest BCUT2D eigenvalue weighted by Gasteiger charge is 2.26. The lowest BCUT2D eigenvalue weighted by Crippen LogP contribution is -2.27. The fraction of sp³-hybridized carbons (Fsp3) is 0.200. The number of aryl methyl sites for hydroxylation is 1. The zero-order valence-electron chi connectivity index (χ0n) is 13.1. The minimum atomic E-state index is -4.31. The van der Waals surface area contributed by atoms with E-state index in [1.807, 2.05) is 0 Å². The molecule has 1 N–H and O–H groups in total. The first-order chi connectivity index (χ1) is 11.5. The SMILES string of the molecule is Cc1cc(S(=O)(=O)N[C@@H](C)c2ccc(F)cc2F)cc([N+](=O)[O-])c1F. The number of hydrogen-bond donors (Lipinski definition) is 1. The average Bonchev–Trinajstić information content (AvgIpc) is 2.48. The summed E-state index contributed by atoms with van der Waals surface area (Å²) in [6.07, 6.45) is 0. The second kappa shape index (κ2) is 6.81. The summed E-state index contributed by atoms with van der Waals surface area (Å²) < 4.78 is 67.3. The Morgan fingerprint density at radius 3 is 2.36 bits per heavy atom. The van der Waals surface area contributed by atoms with Crippen LogP contribution in [0.4, 0.5) is 18.9 Å². The minimum Gasteiger partial charge on any atom is -0.258 e. The van der Waals surface area contributed by atoms with E-state index in [0.29, 0.717) is 12.1 Å². The second-order valence-corrected chi connectivity index (χ2v) is 7.05. The van der Waals surface area contributed by atoms with Gasteiger partial charge in [0.25, 0.3) is 0 Å². The van der Waals surface area contributed by atoms with Crippen LogP contribution in [0.3, 0.4) is 0 Å². The van der Waals surface area contributed by atoms with E-state index in [1.165, 1.54) is 13.8 Å². The van der Waals surface area contributed by atoms with Crippen molar-refractivity contribution in [1.82, 2.24) is 4.72 Å². The van der Waals surface area contributed by atoms with Crippen LogP contribution in [0.2, 0.25) is 0 Å². The molecule has 0 fully saturated rings. The first kappa shape index (κ1) is 18.9. The number of rotatable bonds is 5. The average molecular weight is 374 g/mol. The van der Waals surface area contributed by atoms with Crippen LogP contribution in [0.15, 0.2) is 35.2 Å². The van der Waals surface area contributed by atoms with Crippen LogP contribution in [-0.2, 0) is 10.0 Å². The topological polar surface area (TPSA) is 89.3 Å². The number of sulfonamides is 1. The van der Waals surface area contributed by atoms with Crippen molar-refractivity contribution in [1.29, 1.82) is 0 Å². The first-order valence-electron chi connectivity index (χ1n) is 6.94. The number of nitro groups is 1. The molecule has 2 aromatic rings. The summed E-state index contributed by atoms with van der Waals surface area (Å²) in [5, 5.41) is 10.8. The van der Waals surface area contributed by atoms with Crippen molar-refractivity contribution < 1.29 is 26.5 Å². The molecule has 0 aliphatic rings. The Labute approximate surface area is 141 Å². The summed E-state index contributed by atoms with van der Waals surface area (Å²) in [7, 11) is -4.31. The molecule has 6 nitrogen and oxygen atoms in total. The van der Waals surface area contributed by atoms with Crippen molar-refractivity contribution in [2.45, 2.75) is 24.8 Å². The molecule has 0 aromatic heterocycles. The lowest BCUT2D eigenvalue weighted by atomic mass is 10.1. The zero-order valence-corrected chi connectivity index (χ0v) is 13.9. The molecule has 0 saturated carbocycles. The van der Waals surface area contributed by atoms with Gasteiger partial charge in [-0.2, -0.15) is 4.39 Å². The van der Waals surface area contributed by atoms with Crippen LogP contribution in [-0.4, -0.2) is 13.3 Å². The fourth-order valence-corrected chi connectivity index (χ4v) is 3.55. The van der Waals surface area contributed by atoms with Gasteiger partial charge in [0.05, 0.1) is 9.82 Å². The first-order valence-corrected chi connectivity index (χ1v) is 8.43. The van der Waals surface area contributed by atoms with Crippen molar-refractivity contribution in [3.05, 3.63) is 69.0 Å². The van der Waals surface area contributed by atoms with E-state index >= 15 is 0 Å². The molecule has 10 heteroatoms. The summed E-state index contributed by atoms with van der Waals surface area (Å²) in [6, 6.07) is 3.07. The molecule has 25 heavy (non-hydrogen) atoms. The molecule has 2 aromatic carbocycles. The Bertz CT molecular complexity index is 948. The van der Waals surface area contributed by atoms with Gasteiger partial charge in [0.2, 0.25) is 15.8 Å². The number of halogens is 3. The van der Waals surface area contributed by atoms with Crippen molar-refractivity contribution >= 4 is 15.7 Å². The van der Waals surface area contributed by atoms with E-state index in [4.69, 9.17) is 0 Å². The summed E-state index contributed by atoms with van der Waals surface area (Å²) in [4.78, 5) is 9.27.